The SMILES string of the molecule is CCOC(=O)CN(CC(C)=O)C1CCCC1. The Morgan fingerprint density at radius 2 is 1.88 bits per heavy atom. The fraction of sp³-hybridized carbons (Fsp3) is 0.833. The van der Waals surface area contributed by atoms with Crippen molar-refractivity contribution in [2.24, 2.45) is 0 Å². The summed E-state index contributed by atoms with van der Waals surface area (Å²) in [5.74, 6) is -0.119. The third-order valence-corrected chi connectivity index (χ3v) is 2.90. The van der Waals surface area contributed by atoms with Crippen molar-refractivity contribution in [1.29, 1.82) is 0 Å². The molecule has 0 radical (unpaired) electrons. The first-order chi connectivity index (χ1) is 7.63. The molecule has 0 aliphatic heterocycles. The Labute approximate surface area is 96.9 Å². The van der Waals surface area contributed by atoms with Crippen LogP contribution < -0.4 is 0 Å². The molecule has 0 unspecified atom stereocenters. The van der Waals surface area contributed by atoms with Crippen LogP contribution >= 0.6 is 0 Å². The van der Waals surface area contributed by atoms with Crippen LogP contribution in [0.1, 0.15) is 39.5 Å². The third kappa shape index (κ3) is 4.31. The van der Waals surface area contributed by atoms with Crippen molar-refractivity contribution >= 4 is 11.8 Å². The quantitative estimate of drug-likeness (QED) is 0.643. The molecule has 0 bridgehead atoms. The maximum absolute atomic E-state index is 11.4. The number of rotatable bonds is 6. The lowest BCUT2D eigenvalue weighted by molar-refractivity contribution is -0.145. The van der Waals surface area contributed by atoms with E-state index in [9.17, 15) is 9.59 Å². The molecule has 0 aromatic carbocycles. The Kier molecular flexibility index (Phi) is 5.46. The summed E-state index contributed by atoms with van der Waals surface area (Å²) in [5.41, 5.74) is 0. The van der Waals surface area contributed by atoms with Gasteiger partial charge in [-0.2, -0.15) is 0 Å². The lowest BCUT2D eigenvalue weighted by atomic mass is 10.2. The van der Waals surface area contributed by atoms with Gasteiger partial charge in [0.25, 0.3) is 0 Å². The third-order valence-electron chi connectivity index (χ3n) is 2.90. The molecule has 1 aliphatic carbocycles. The van der Waals surface area contributed by atoms with Crippen molar-refractivity contribution < 1.29 is 14.3 Å². The van der Waals surface area contributed by atoms with Gasteiger partial charge in [-0.05, 0) is 26.7 Å². The molecule has 4 nitrogen and oxygen atoms in total. The van der Waals surface area contributed by atoms with Gasteiger partial charge in [-0.15, -0.1) is 0 Å². The van der Waals surface area contributed by atoms with Crippen LogP contribution in [0.2, 0.25) is 0 Å². The van der Waals surface area contributed by atoms with E-state index in [1.165, 1.54) is 12.8 Å². The highest BCUT2D eigenvalue weighted by Crippen LogP contribution is 2.23. The van der Waals surface area contributed by atoms with Gasteiger partial charge in [0.05, 0.1) is 19.7 Å². The highest BCUT2D eigenvalue weighted by Gasteiger charge is 2.25. The largest absolute Gasteiger partial charge is 0.465 e. The minimum absolute atomic E-state index is 0.108. The molecule has 0 heterocycles. The molecule has 1 saturated carbocycles. The Morgan fingerprint density at radius 1 is 1.25 bits per heavy atom. The normalized spacial score (nSPS) is 16.7. The fourth-order valence-electron chi connectivity index (χ4n) is 2.24. The molecule has 0 aromatic heterocycles. The van der Waals surface area contributed by atoms with Crippen LogP contribution in [-0.2, 0) is 14.3 Å². The van der Waals surface area contributed by atoms with Crippen LogP contribution in [0, 0.1) is 0 Å². The monoisotopic (exact) mass is 227 g/mol. The number of esters is 1. The zero-order valence-corrected chi connectivity index (χ0v) is 10.2. The summed E-state index contributed by atoms with van der Waals surface area (Å²) in [7, 11) is 0. The van der Waals surface area contributed by atoms with Crippen LogP contribution in [0.4, 0.5) is 0 Å². The Hall–Kier alpha value is -0.900. The molecule has 0 aromatic rings. The summed E-state index contributed by atoms with van der Waals surface area (Å²) in [6, 6.07) is 0.383. The van der Waals surface area contributed by atoms with E-state index in [0.29, 0.717) is 19.2 Å². The van der Waals surface area contributed by atoms with Crippen LogP contribution in [0.25, 0.3) is 0 Å². The lowest BCUT2D eigenvalue weighted by Gasteiger charge is -2.26. The van der Waals surface area contributed by atoms with E-state index in [1.807, 2.05) is 4.90 Å². The van der Waals surface area contributed by atoms with Crippen molar-refractivity contribution in [1.82, 2.24) is 4.90 Å². The van der Waals surface area contributed by atoms with Crippen molar-refractivity contribution in [3.8, 4) is 0 Å². The van der Waals surface area contributed by atoms with Crippen molar-refractivity contribution in [3.63, 3.8) is 0 Å². The van der Waals surface area contributed by atoms with E-state index < -0.39 is 0 Å². The van der Waals surface area contributed by atoms with E-state index in [-0.39, 0.29) is 18.3 Å². The Morgan fingerprint density at radius 3 is 2.38 bits per heavy atom. The van der Waals surface area contributed by atoms with Crippen LogP contribution in [-0.4, -0.2) is 42.4 Å². The van der Waals surface area contributed by atoms with Crippen molar-refractivity contribution in [3.05, 3.63) is 0 Å². The van der Waals surface area contributed by atoms with E-state index >= 15 is 0 Å². The van der Waals surface area contributed by atoms with E-state index in [4.69, 9.17) is 4.74 Å². The molecule has 0 N–H and O–H groups in total. The predicted octanol–water partition coefficient (Wildman–Crippen LogP) is 1.38. The smallest absolute Gasteiger partial charge is 0.320 e. The summed E-state index contributed by atoms with van der Waals surface area (Å²) in [5, 5.41) is 0. The average molecular weight is 227 g/mol. The van der Waals surface area contributed by atoms with Crippen LogP contribution in [0.15, 0.2) is 0 Å². The minimum atomic E-state index is -0.226. The molecule has 0 atom stereocenters. The second-order valence-electron chi connectivity index (χ2n) is 4.35. The number of carbonyl (C=O) groups is 2. The molecular weight excluding hydrogens is 206 g/mol. The molecule has 0 amide bonds. The van der Waals surface area contributed by atoms with E-state index in [0.717, 1.165) is 12.8 Å². The van der Waals surface area contributed by atoms with Crippen LogP contribution in [0.5, 0.6) is 0 Å². The molecule has 1 rings (SSSR count). The van der Waals surface area contributed by atoms with Crippen LogP contribution in [0.3, 0.4) is 0 Å². The maximum Gasteiger partial charge on any atom is 0.320 e. The summed E-state index contributed by atoms with van der Waals surface area (Å²) in [6.07, 6.45) is 4.57. The number of ether oxygens (including phenoxy) is 1. The summed E-state index contributed by atoms with van der Waals surface area (Å²) >= 11 is 0. The zero-order valence-electron chi connectivity index (χ0n) is 10.2. The minimum Gasteiger partial charge on any atom is -0.465 e. The van der Waals surface area contributed by atoms with Gasteiger partial charge in [0.1, 0.15) is 5.78 Å². The molecule has 1 aliphatic rings. The maximum atomic E-state index is 11.4. The second kappa shape index (κ2) is 6.63. The number of ketones is 1. The van der Waals surface area contributed by atoms with Gasteiger partial charge < -0.3 is 4.74 Å². The summed E-state index contributed by atoms with van der Waals surface area (Å²) in [4.78, 5) is 24.5. The van der Waals surface area contributed by atoms with Gasteiger partial charge in [0.15, 0.2) is 0 Å². The van der Waals surface area contributed by atoms with Gasteiger partial charge in [-0.3, -0.25) is 14.5 Å². The summed E-state index contributed by atoms with van der Waals surface area (Å²) < 4.78 is 4.92. The predicted molar refractivity (Wildman–Crippen MR) is 61.1 cm³/mol. The fourth-order valence-corrected chi connectivity index (χ4v) is 2.24. The van der Waals surface area contributed by atoms with Crippen molar-refractivity contribution in [2.75, 3.05) is 19.7 Å². The number of hydrogen-bond acceptors (Lipinski definition) is 4. The topological polar surface area (TPSA) is 46.6 Å². The molecule has 0 spiro atoms. The van der Waals surface area contributed by atoms with E-state index in [2.05, 4.69) is 0 Å². The van der Waals surface area contributed by atoms with Gasteiger partial charge in [0.2, 0.25) is 0 Å². The van der Waals surface area contributed by atoms with E-state index in [1.54, 1.807) is 13.8 Å². The number of hydrogen-bond donors (Lipinski definition) is 0. The molecular formula is C12H21NO3. The molecule has 16 heavy (non-hydrogen) atoms. The second-order valence-corrected chi connectivity index (χ2v) is 4.35. The van der Waals surface area contributed by atoms with Gasteiger partial charge in [-0.25, -0.2) is 0 Å². The van der Waals surface area contributed by atoms with Crippen molar-refractivity contribution in [2.45, 2.75) is 45.6 Å². The number of carbonyl (C=O) groups excluding carboxylic acids is 2. The highest BCUT2D eigenvalue weighted by atomic mass is 16.5. The first kappa shape index (κ1) is 13.2. The Balaban J connectivity index is 2.48. The van der Waals surface area contributed by atoms with Gasteiger partial charge >= 0.3 is 5.97 Å². The van der Waals surface area contributed by atoms with Gasteiger partial charge in [0, 0.05) is 6.04 Å². The summed E-state index contributed by atoms with van der Waals surface area (Å²) in [6.45, 7) is 4.37. The Bertz CT molecular complexity index is 247. The number of Topliss-reactive ketones (excluding diaryl/α,β-unsaturated/α-hetero) is 1. The first-order valence-electron chi connectivity index (χ1n) is 6.02. The van der Waals surface area contributed by atoms with Gasteiger partial charge in [-0.1, -0.05) is 12.8 Å². The molecule has 1 fully saturated rings. The lowest BCUT2D eigenvalue weighted by Crippen LogP contribution is -2.41. The highest BCUT2D eigenvalue weighted by molar-refractivity contribution is 5.79. The average Bonchev–Trinajstić information content (AvgIpc) is 2.68. The standard InChI is InChI=1S/C12H21NO3/c1-3-16-12(15)9-13(8-10(2)14)11-6-4-5-7-11/h11H,3-9H2,1-2H3. The first-order valence-corrected chi connectivity index (χ1v) is 6.02. The molecule has 4 heteroatoms. The zero-order chi connectivity index (χ0) is 12.0. The number of nitrogens with zero attached hydrogens (tertiary/aromatic N) is 1. The molecule has 92 valence electrons. The molecule has 0 saturated heterocycles.